The van der Waals surface area contributed by atoms with Gasteiger partial charge in [-0.25, -0.2) is 4.98 Å². The number of nitrogens with zero attached hydrogens (tertiary/aromatic N) is 3. The van der Waals surface area contributed by atoms with Crippen LogP contribution in [0, 0.1) is 0 Å². The summed E-state index contributed by atoms with van der Waals surface area (Å²) in [6.07, 6.45) is 6.41. The van der Waals surface area contributed by atoms with Gasteiger partial charge in [-0.15, -0.1) is 0 Å². The van der Waals surface area contributed by atoms with Gasteiger partial charge in [0.05, 0.1) is 17.4 Å². The molecule has 1 aliphatic carbocycles. The number of fused-ring (bicyclic) bond motifs is 2. The van der Waals surface area contributed by atoms with E-state index in [1.54, 1.807) is 6.20 Å². The second-order valence-corrected chi connectivity index (χ2v) is 6.71. The molecule has 0 spiro atoms. The number of ether oxygens (including phenoxy) is 2. The van der Waals surface area contributed by atoms with Crippen LogP contribution in [0.1, 0.15) is 31.4 Å². The first-order valence-corrected chi connectivity index (χ1v) is 8.36. The van der Waals surface area contributed by atoms with Crippen molar-refractivity contribution in [1.29, 1.82) is 0 Å². The maximum absolute atomic E-state index is 6.00. The summed E-state index contributed by atoms with van der Waals surface area (Å²) < 4.78 is 11.6. The first-order chi connectivity index (χ1) is 11.3. The van der Waals surface area contributed by atoms with Gasteiger partial charge in [-0.2, -0.15) is 5.10 Å². The van der Waals surface area contributed by atoms with Crippen LogP contribution in [0.5, 0.6) is 0 Å². The monoisotopic (exact) mass is 316 g/mol. The molecule has 6 nitrogen and oxygen atoms in total. The van der Waals surface area contributed by atoms with Gasteiger partial charge in [0.2, 0.25) is 0 Å². The van der Waals surface area contributed by atoms with Crippen LogP contribution >= 0.6 is 0 Å². The van der Waals surface area contributed by atoms with E-state index in [1.165, 1.54) is 0 Å². The summed E-state index contributed by atoms with van der Waals surface area (Å²) >= 11 is 0. The molecular formula is C17H24N4O2. The molecule has 2 aromatic heterocycles. The molecule has 1 aliphatic heterocycles. The normalized spacial score (nSPS) is 31.6. The van der Waals surface area contributed by atoms with Crippen molar-refractivity contribution in [3.8, 4) is 0 Å². The molecule has 1 saturated heterocycles. The van der Waals surface area contributed by atoms with Crippen molar-refractivity contribution in [2.45, 2.75) is 50.0 Å². The van der Waals surface area contributed by atoms with Crippen molar-refractivity contribution < 1.29 is 9.47 Å². The van der Waals surface area contributed by atoms with Crippen molar-refractivity contribution in [2.75, 3.05) is 20.8 Å². The lowest BCUT2D eigenvalue weighted by Gasteiger charge is -2.43. The highest BCUT2D eigenvalue weighted by Gasteiger charge is 2.51. The van der Waals surface area contributed by atoms with E-state index in [-0.39, 0.29) is 5.60 Å². The molecule has 2 aliphatic rings. The van der Waals surface area contributed by atoms with Crippen molar-refractivity contribution in [3.63, 3.8) is 0 Å². The largest absolute Gasteiger partial charge is 0.381 e. The highest BCUT2D eigenvalue weighted by Crippen LogP contribution is 2.43. The fraction of sp³-hybridized carbons (Fsp3) is 0.647. The van der Waals surface area contributed by atoms with Gasteiger partial charge in [0.25, 0.3) is 0 Å². The minimum atomic E-state index is -0.0108. The average Bonchev–Trinajstić information content (AvgIpc) is 3.17. The van der Waals surface area contributed by atoms with E-state index in [9.17, 15) is 0 Å². The fourth-order valence-corrected chi connectivity index (χ4v) is 4.39. The van der Waals surface area contributed by atoms with Gasteiger partial charge in [-0.1, -0.05) is 0 Å². The lowest BCUT2D eigenvalue weighted by atomic mass is 9.79. The number of rotatable bonds is 4. The number of pyridine rings is 1. The predicted molar refractivity (Wildman–Crippen MR) is 87.1 cm³/mol. The highest BCUT2D eigenvalue weighted by atomic mass is 16.5. The molecule has 0 bridgehead atoms. The van der Waals surface area contributed by atoms with Gasteiger partial charge >= 0.3 is 0 Å². The Balaban J connectivity index is 1.59. The van der Waals surface area contributed by atoms with Gasteiger partial charge in [-0.05, 0) is 37.8 Å². The number of likely N-dealkylation sites (tertiary alicyclic amines) is 1. The summed E-state index contributed by atoms with van der Waals surface area (Å²) in [5.74, 6) is 0. The second kappa shape index (κ2) is 5.85. The zero-order valence-electron chi connectivity index (χ0n) is 13.8. The molecule has 2 fully saturated rings. The molecule has 1 N–H and O–H groups in total. The Morgan fingerprint density at radius 1 is 1.39 bits per heavy atom. The van der Waals surface area contributed by atoms with E-state index < -0.39 is 0 Å². The topological polar surface area (TPSA) is 63.3 Å². The summed E-state index contributed by atoms with van der Waals surface area (Å²) in [6.45, 7) is 1.91. The number of nitrogens with one attached hydrogen (secondary N) is 1. The van der Waals surface area contributed by atoms with Crippen molar-refractivity contribution in [3.05, 3.63) is 24.0 Å². The van der Waals surface area contributed by atoms with E-state index in [4.69, 9.17) is 9.47 Å². The van der Waals surface area contributed by atoms with Gasteiger partial charge in [0.15, 0.2) is 5.65 Å². The Hall–Kier alpha value is -1.50. The molecule has 1 saturated carbocycles. The van der Waals surface area contributed by atoms with Crippen LogP contribution in [0.4, 0.5) is 0 Å². The highest BCUT2D eigenvalue weighted by molar-refractivity contribution is 5.77. The Bertz CT molecular complexity index is 688. The zero-order chi connectivity index (χ0) is 15.9. The molecular weight excluding hydrogens is 292 g/mol. The summed E-state index contributed by atoms with van der Waals surface area (Å²) in [6, 6.07) is 4.45. The molecule has 23 heavy (non-hydrogen) atoms. The third-order valence-corrected chi connectivity index (χ3v) is 5.76. The van der Waals surface area contributed by atoms with Crippen LogP contribution < -0.4 is 0 Å². The minimum absolute atomic E-state index is 0.0108. The summed E-state index contributed by atoms with van der Waals surface area (Å²) in [5.41, 5.74) is 1.92. The molecule has 124 valence electrons. The molecule has 0 radical (unpaired) electrons. The molecule has 0 unspecified atom stereocenters. The van der Waals surface area contributed by atoms with Crippen LogP contribution in [0.3, 0.4) is 0 Å². The Morgan fingerprint density at radius 3 is 3.13 bits per heavy atom. The van der Waals surface area contributed by atoms with Crippen molar-refractivity contribution >= 4 is 11.0 Å². The molecule has 6 heteroatoms. The first-order valence-electron chi connectivity index (χ1n) is 8.36. The third kappa shape index (κ3) is 2.45. The SMILES string of the molecule is CO[C@H]1CC[C@]2(OC)CCN(Cc3[nH]nc4ncccc34)[C@@H]2C1. The molecule has 2 aromatic rings. The molecule has 4 rings (SSSR count). The van der Waals surface area contributed by atoms with Gasteiger partial charge in [0, 0.05) is 44.9 Å². The predicted octanol–water partition coefficient (Wildman–Crippen LogP) is 2.12. The van der Waals surface area contributed by atoms with E-state index in [0.29, 0.717) is 12.1 Å². The minimum Gasteiger partial charge on any atom is -0.381 e. The van der Waals surface area contributed by atoms with Crippen LogP contribution in [0.15, 0.2) is 18.3 Å². The Kier molecular flexibility index (Phi) is 3.83. The van der Waals surface area contributed by atoms with Crippen molar-refractivity contribution in [1.82, 2.24) is 20.1 Å². The van der Waals surface area contributed by atoms with Crippen molar-refractivity contribution in [2.24, 2.45) is 0 Å². The number of aromatic nitrogens is 3. The quantitative estimate of drug-likeness (QED) is 0.936. The number of hydrogen-bond acceptors (Lipinski definition) is 5. The van der Waals surface area contributed by atoms with Crippen LogP contribution in [0.2, 0.25) is 0 Å². The second-order valence-electron chi connectivity index (χ2n) is 6.71. The molecule has 0 amide bonds. The number of hydrogen-bond donors (Lipinski definition) is 1. The third-order valence-electron chi connectivity index (χ3n) is 5.76. The van der Waals surface area contributed by atoms with E-state index in [2.05, 4.69) is 26.1 Å². The van der Waals surface area contributed by atoms with E-state index in [0.717, 1.165) is 55.5 Å². The fourth-order valence-electron chi connectivity index (χ4n) is 4.39. The lowest BCUT2D eigenvalue weighted by Crippen LogP contribution is -2.51. The van der Waals surface area contributed by atoms with Gasteiger partial charge in [0.1, 0.15) is 0 Å². The van der Waals surface area contributed by atoms with Gasteiger partial charge < -0.3 is 9.47 Å². The summed E-state index contributed by atoms with van der Waals surface area (Å²) in [4.78, 5) is 6.83. The van der Waals surface area contributed by atoms with Crippen LogP contribution in [-0.2, 0) is 16.0 Å². The smallest absolute Gasteiger partial charge is 0.181 e. The summed E-state index contributed by atoms with van der Waals surface area (Å²) in [5, 5.41) is 8.59. The maximum Gasteiger partial charge on any atom is 0.181 e. The lowest BCUT2D eigenvalue weighted by molar-refractivity contribution is -0.0948. The molecule has 3 atom stereocenters. The Labute approximate surface area is 136 Å². The average molecular weight is 316 g/mol. The standard InChI is InChI=1S/C17H24N4O2/c1-22-12-5-6-17(23-2)7-9-21(15(17)10-12)11-14-13-4-3-8-18-16(13)20-19-14/h3-4,8,12,15H,5-7,9-11H2,1-2H3,(H,18,19,20)/t12-,15+,17-/m0/s1. The van der Waals surface area contributed by atoms with E-state index >= 15 is 0 Å². The number of H-pyrrole nitrogens is 1. The van der Waals surface area contributed by atoms with Crippen LogP contribution in [0.25, 0.3) is 11.0 Å². The molecule has 0 aromatic carbocycles. The number of aromatic amines is 1. The van der Waals surface area contributed by atoms with Crippen LogP contribution in [-0.4, -0.2) is 58.6 Å². The maximum atomic E-state index is 6.00. The zero-order valence-corrected chi connectivity index (χ0v) is 13.8. The first kappa shape index (κ1) is 15.1. The van der Waals surface area contributed by atoms with Gasteiger partial charge in [-0.3, -0.25) is 10.00 Å². The molecule has 3 heterocycles. The Morgan fingerprint density at radius 2 is 2.30 bits per heavy atom. The van der Waals surface area contributed by atoms with E-state index in [1.807, 2.05) is 20.3 Å². The number of methoxy groups -OCH3 is 2. The summed E-state index contributed by atoms with van der Waals surface area (Å²) in [7, 11) is 3.68.